The highest BCUT2D eigenvalue weighted by Crippen LogP contribution is 2.47. The van der Waals surface area contributed by atoms with Crippen LogP contribution in [-0.4, -0.2) is 86.1 Å². The third kappa shape index (κ3) is 8.01. The molecule has 1 N–H and O–H groups in total. The van der Waals surface area contributed by atoms with Gasteiger partial charge in [0.1, 0.15) is 6.61 Å². The van der Waals surface area contributed by atoms with Crippen LogP contribution in [0.15, 0.2) is 53.4 Å². The number of hydrogen-bond acceptors (Lipinski definition) is 8. The molecule has 48 heavy (non-hydrogen) atoms. The smallest absolute Gasteiger partial charge is 0.264 e. The number of sulfonamides is 1. The lowest BCUT2D eigenvalue weighted by atomic mass is 9.63. The van der Waals surface area contributed by atoms with E-state index in [9.17, 15) is 13.2 Å². The van der Waals surface area contributed by atoms with Crippen LogP contribution in [0.25, 0.3) is 11.3 Å². The molecular formula is C37H51N5O5S. The van der Waals surface area contributed by atoms with E-state index in [0.29, 0.717) is 30.3 Å². The number of rotatable bonds is 10. The molecule has 0 spiro atoms. The minimum Gasteiger partial charge on any atom is -0.475 e. The molecule has 11 heteroatoms. The molecular weight excluding hydrogens is 627 g/mol. The molecule has 260 valence electrons. The summed E-state index contributed by atoms with van der Waals surface area (Å²) >= 11 is 0. The minimum atomic E-state index is -4.13. The van der Waals surface area contributed by atoms with E-state index in [2.05, 4.69) is 54.3 Å². The van der Waals surface area contributed by atoms with Gasteiger partial charge in [0.2, 0.25) is 11.8 Å². The maximum Gasteiger partial charge on any atom is 0.264 e. The van der Waals surface area contributed by atoms with Gasteiger partial charge in [-0.05, 0) is 94.2 Å². The van der Waals surface area contributed by atoms with Gasteiger partial charge >= 0.3 is 0 Å². The summed E-state index contributed by atoms with van der Waals surface area (Å²) < 4.78 is 41.7. The van der Waals surface area contributed by atoms with E-state index < -0.39 is 10.0 Å². The van der Waals surface area contributed by atoms with Crippen LogP contribution in [0.5, 0.6) is 5.88 Å². The van der Waals surface area contributed by atoms with Crippen LogP contribution in [0.1, 0.15) is 74.9 Å². The van der Waals surface area contributed by atoms with Crippen LogP contribution in [0.4, 0.5) is 5.95 Å². The molecule has 0 unspecified atom stereocenters. The molecule has 1 aliphatic heterocycles. The Morgan fingerprint density at radius 3 is 2.44 bits per heavy atom. The van der Waals surface area contributed by atoms with E-state index in [4.69, 9.17) is 9.47 Å². The number of carbonyl (C=O) groups is 1. The number of aromatic nitrogens is 2. The van der Waals surface area contributed by atoms with Crippen molar-refractivity contribution in [1.82, 2.24) is 19.8 Å². The van der Waals surface area contributed by atoms with E-state index in [1.165, 1.54) is 12.1 Å². The average molecular weight is 678 g/mol. The normalized spacial score (nSPS) is 23.0. The fraction of sp³-hybridized carbons (Fsp3) is 0.541. The first-order valence-electron chi connectivity index (χ1n) is 16.9. The fourth-order valence-electron chi connectivity index (χ4n) is 7.51. The summed E-state index contributed by atoms with van der Waals surface area (Å²) in [5.41, 5.74) is 3.82. The van der Waals surface area contributed by atoms with Crippen molar-refractivity contribution in [2.45, 2.75) is 90.2 Å². The van der Waals surface area contributed by atoms with Crippen LogP contribution in [-0.2, 0) is 14.8 Å². The summed E-state index contributed by atoms with van der Waals surface area (Å²) in [6, 6.07) is 14.0. The number of ether oxygens (including phenoxy) is 2. The molecule has 2 aliphatic rings. The van der Waals surface area contributed by atoms with Crippen LogP contribution in [0.2, 0.25) is 0 Å². The highest BCUT2D eigenvalue weighted by Gasteiger charge is 2.44. The molecule has 2 atom stereocenters. The molecule has 3 aromatic rings. The first-order valence-corrected chi connectivity index (χ1v) is 18.4. The van der Waals surface area contributed by atoms with E-state index >= 15 is 0 Å². The average Bonchev–Trinajstić information content (AvgIpc) is 3.00. The number of nitrogens with one attached hydrogen (secondary N) is 1. The fourth-order valence-corrected chi connectivity index (χ4v) is 8.50. The van der Waals surface area contributed by atoms with Gasteiger partial charge in [0.25, 0.3) is 15.9 Å². The Bertz CT molecular complexity index is 1700. The van der Waals surface area contributed by atoms with Crippen molar-refractivity contribution in [2.24, 2.45) is 11.3 Å². The van der Waals surface area contributed by atoms with E-state index in [1.807, 2.05) is 36.9 Å². The minimum absolute atomic E-state index is 0.0305. The second kappa shape index (κ2) is 14.5. The number of hydrogen-bond donors (Lipinski definition) is 1. The first-order chi connectivity index (χ1) is 22.7. The van der Waals surface area contributed by atoms with E-state index in [-0.39, 0.29) is 52.7 Å². The molecule has 1 saturated carbocycles. The second-order valence-electron chi connectivity index (χ2n) is 14.5. The first kappa shape index (κ1) is 35.8. The van der Waals surface area contributed by atoms with Crippen molar-refractivity contribution in [3.05, 3.63) is 65.2 Å². The highest BCUT2D eigenvalue weighted by atomic mass is 32.2. The number of nitrogens with zero attached hydrogens (tertiary/aromatic N) is 4. The SMILES string of the molecule is COCCN(C)C1CC(C)(C[C@H](C)N2C(=O)c3cccc(c3)S(=O)(=O)Nc3nc(cc(-c4c(C)cccc4C)n3)OC[C@H]2CC(C)C)C1. The summed E-state index contributed by atoms with van der Waals surface area (Å²) in [4.78, 5) is 28.0. The van der Waals surface area contributed by atoms with Crippen LogP contribution < -0.4 is 9.46 Å². The van der Waals surface area contributed by atoms with Gasteiger partial charge in [0.15, 0.2) is 0 Å². The monoisotopic (exact) mass is 677 g/mol. The number of carbonyl (C=O) groups excluding carboxylic acids is 1. The summed E-state index contributed by atoms with van der Waals surface area (Å²) in [5, 5.41) is 0. The molecule has 1 aliphatic carbocycles. The molecule has 1 fully saturated rings. The quantitative estimate of drug-likeness (QED) is 0.265. The highest BCUT2D eigenvalue weighted by molar-refractivity contribution is 7.92. The van der Waals surface area contributed by atoms with Crippen molar-refractivity contribution >= 4 is 21.9 Å². The number of anilines is 1. The van der Waals surface area contributed by atoms with Crippen LogP contribution in [0.3, 0.4) is 0 Å². The topological polar surface area (TPSA) is 114 Å². The lowest BCUT2D eigenvalue weighted by molar-refractivity contribution is -0.0138. The van der Waals surface area contributed by atoms with Crippen molar-refractivity contribution in [2.75, 3.05) is 38.6 Å². The Balaban J connectivity index is 1.54. The van der Waals surface area contributed by atoms with E-state index in [1.54, 1.807) is 25.3 Å². The molecule has 10 nitrogen and oxygen atoms in total. The summed E-state index contributed by atoms with van der Waals surface area (Å²) in [6.07, 6.45) is 3.59. The maximum absolute atomic E-state index is 14.5. The van der Waals surface area contributed by atoms with Gasteiger partial charge in [-0.15, -0.1) is 0 Å². The van der Waals surface area contributed by atoms with Crippen molar-refractivity contribution in [1.29, 1.82) is 0 Å². The summed E-state index contributed by atoms with van der Waals surface area (Å²) in [7, 11) is -0.262. The van der Waals surface area contributed by atoms with Gasteiger partial charge in [-0.25, -0.2) is 18.1 Å². The number of amides is 1. The van der Waals surface area contributed by atoms with Gasteiger partial charge in [0, 0.05) is 42.9 Å². The zero-order chi connectivity index (χ0) is 34.8. The number of benzene rings is 2. The van der Waals surface area contributed by atoms with Crippen molar-refractivity contribution in [3.8, 4) is 17.1 Å². The van der Waals surface area contributed by atoms with Crippen LogP contribution >= 0.6 is 0 Å². The van der Waals surface area contributed by atoms with Gasteiger partial charge in [-0.3, -0.25) is 4.79 Å². The Labute approximate surface area is 286 Å². The second-order valence-corrected chi connectivity index (χ2v) is 16.2. The van der Waals surface area contributed by atoms with Gasteiger partial charge < -0.3 is 19.3 Å². The Morgan fingerprint density at radius 1 is 1.08 bits per heavy atom. The molecule has 4 bridgehead atoms. The van der Waals surface area contributed by atoms with Gasteiger partial charge in [0.05, 0.1) is 23.2 Å². The predicted octanol–water partition coefficient (Wildman–Crippen LogP) is 6.34. The third-order valence-corrected chi connectivity index (χ3v) is 11.2. The Kier molecular flexibility index (Phi) is 10.8. The maximum atomic E-state index is 14.5. The Morgan fingerprint density at radius 2 is 1.77 bits per heavy atom. The standard InChI is InChI=1S/C37H51N5O5S/c1-24(2)17-29-23-47-33-19-32(34-25(3)11-9-12-26(34)4)38-36(39-33)40-48(44,45)31-14-10-13-28(18-31)35(43)42(29)27(5)20-37(6)21-30(22-37)41(7)15-16-46-8/h9-14,18-19,24,27,29-30H,15-17,20-23H2,1-8H3,(H,38,39,40)/t27-,29+,30?,37?/m0/s1. The molecule has 2 aromatic carbocycles. The number of likely N-dealkylation sites (N-methyl/N-ethyl adjacent to an activating group) is 1. The van der Waals surface area contributed by atoms with Gasteiger partial charge in [-0.2, -0.15) is 4.98 Å². The van der Waals surface area contributed by atoms with Crippen molar-refractivity contribution in [3.63, 3.8) is 0 Å². The molecule has 0 saturated heterocycles. The van der Waals surface area contributed by atoms with Gasteiger partial charge in [-0.1, -0.05) is 45.0 Å². The lowest BCUT2D eigenvalue weighted by Crippen LogP contribution is -2.54. The van der Waals surface area contributed by atoms with Crippen molar-refractivity contribution < 1.29 is 22.7 Å². The largest absolute Gasteiger partial charge is 0.475 e. The molecule has 2 heterocycles. The molecule has 1 aromatic heterocycles. The number of aryl methyl sites for hydroxylation is 2. The molecule has 1 amide bonds. The van der Waals surface area contributed by atoms with Crippen LogP contribution in [0, 0.1) is 25.2 Å². The summed E-state index contributed by atoms with van der Waals surface area (Å²) in [5.74, 6) is 0.218. The number of fused-ring (bicyclic) bond motifs is 4. The predicted molar refractivity (Wildman–Crippen MR) is 189 cm³/mol. The Hall–Kier alpha value is -3.54. The van der Waals surface area contributed by atoms with E-state index in [0.717, 1.165) is 42.5 Å². The zero-order valence-corrected chi connectivity index (χ0v) is 30.4. The zero-order valence-electron chi connectivity index (χ0n) is 29.6. The molecule has 0 radical (unpaired) electrons. The molecule has 5 rings (SSSR count). The number of methoxy groups -OCH3 is 1. The third-order valence-electron chi connectivity index (χ3n) is 9.84. The summed E-state index contributed by atoms with van der Waals surface area (Å²) in [6.45, 7) is 14.5. The lowest BCUT2D eigenvalue weighted by Gasteiger charge is -2.51.